The van der Waals surface area contributed by atoms with Gasteiger partial charge in [-0.15, -0.1) is 0 Å². The number of anilines is 2. The van der Waals surface area contributed by atoms with E-state index in [9.17, 15) is 10.1 Å². The second kappa shape index (κ2) is 7.84. The molecule has 0 unspecified atom stereocenters. The van der Waals surface area contributed by atoms with Gasteiger partial charge in [-0.1, -0.05) is 18.3 Å². The summed E-state index contributed by atoms with van der Waals surface area (Å²) in [5, 5.41) is 13.7. The molecule has 1 aromatic carbocycles. The first-order chi connectivity index (χ1) is 9.56. The molecule has 0 saturated carbocycles. The number of nitro benzene ring substituents is 1. The molecule has 0 bridgehead atoms. The molecule has 110 valence electrons. The van der Waals surface area contributed by atoms with Crippen LogP contribution in [0.4, 0.5) is 17.1 Å². The Balaban J connectivity index is 0.00000220. The van der Waals surface area contributed by atoms with Gasteiger partial charge in [0, 0.05) is 24.3 Å². The lowest BCUT2D eigenvalue weighted by Crippen LogP contribution is -3.00. The molecule has 8 heteroatoms. The lowest BCUT2D eigenvalue weighted by molar-refractivity contribution is -0.681. The minimum absolute atomic E-state index is 0. The van der Waals surface area contributed by atoms with Crippen molar-refractivity contribution in [3.05, 3.63) is 58.9 Å². The SMILES string of the molecule is Nc1ccc([N+](=O)[O-])cc1NC(=S)C[n+]1ccccc1.[I-]. The summed E-state index contributed by atoms with van der Waals surface area (Å²) in [6.45, 7) is 0.471. The Kier molecular flexibility index (Phi) is 6.43. The molecule has 2 rings (SSSR count). The van der Waals surface area contributed by atoms with Crippen LogP contribution >= 0.6 is 12.2 Å². The van der Waals surface area contributed by atoms with Crippen LogP contribution in [0.3, 0.4) is 0 Å². The van der Waals surface area contributed by atoms with E-state index in [0.717, 1.165) is 0 Å². The van der Waals surface area contributed by atoms with Crippen molar-refractivity contribution < 1.29 is 33.5 Å². The molecule has 0 aliphatic heterocycles. The zero-order valence-electron chi connectivity index (χ0n) is 10.9. The van der Waals surface area contributed by atoms with Crippen molar-refractivity contribution in [1.29, 1.82) is 0 Å². The maximum atomic E-state index is 10.7. The van der Waals surface area contributed by atoms with Crippen LogP contribution in [0.15, 0.2) is 48.8 Å². The number of aromatic nitrogens is 1. The molecule has 1 heterocycles. The van der Waals surface area contributed by atoms with Crippen molar-refractivity contribution in [1.82, 2.24) is 0 Å². The molecule has 21 heavy (non-hydrogen) atoms. The molecular formula is C13H13IN4O2S. The molecule has 0 aliphatic carbocycles. The molecule has 0 saturated heterocycles. The Morgan fingerprint density at radius 2 is 2.00 bits per heavy atom. The van der Waals surface area contributed by atoms with Gasteiger partial charge in [0.25, 0.3) is 5.69 Å². The summed E-state index contributed by atoms with van der Waals surface area (Å²) in [4.78, 5) is 10.8. The van der Waals surface area contributed by atoms with E-state index < -0.39 is 4.92 Å². The molecule has 0 amide bonds. The number of nitrogens with two attached hydrogens (primary N) is 1. The molecule has 3 N–H and O–H groups in total. The fourth-order valence-electron chi connectivity index (χ4n) is 1.66. The topological polar surface area (TPSA) is 85.1 Å². The van der Waals surface area contributed by atoms with E-state index >= 15 is 0 Å². The number of nitrogens with zero attached hydrogens (tertiary/aromatic N) is 2. The fourth-order valence-corrected chi connectivity index (χ4v) is 1.92. The quantitative estimate of drug-likeness (QED) is 0.165. The summed E-state index contributed by atoms with van der Waals surface area (Å²) >= 11 is 5.23. The van der Waals surface area contributed by atoms with Gasteiger partial charge in [0.15, 0.2) is 18.9 Å². The predicted molar refractivity (Wildman–Crippen MR) is 80.4 cm³/mol. The number of nitro groups is 1. The predicted octanol–water partition coefficient (Wildman–Crippen LogP) is -1.09. The van der Waals surface area contributed by atoms with Gasteiger partial charge in [0.05, 0.1) is 16.3 Å². The molecule has 0 atom stereocenters. The summed E-state index contributed by atoms with van der Waals surface area (Å²) in [5.74, 6) is 0. The molecule has 0 radical (unpaired) electrons. The smallest absolute Gasteiger partial charge is 0.271 e. The van der Waals surface area contributed by atoms with Crippen molar-refractivity contribution in [3.63, 3.8) is 0 Å². The average Bonchev–Trinajstić information content (AvgIpc) is 2.42. The van der Waals surface area contributed by atoms with Crippen LogP contribution in [0.25, 0.3) is 0 Å². The van der Waals surface area contributed by atoms with E-state index in [1.807, 2.05) is 35.2 Å². The lowest BCUT2D eigenvalue weighted by atomic mass is 10.2. The van der Waals surface area contributed by atoms with E-state index in [4.69, 9.17) is 18.0 Å². The Morgan fingerprint density at radius 3 is 2.62 bits per heavy atom. The first-order valence-corrected chi connectivity index (χ1v) is 6.25. The van der Waals surface area contributed by atoms with Gasteiger partial charge in [-0.3, -0.25) is 10.1 Å². The van der Waals surface area contributed by atoms with Crippen LogP contribution in [0.1, 0.15) is 0 Å². The number of thiocarbonyl (C=S) groups is 1. The van der Waals surface area contributed by atoms with Gasteiger partial charge in [-0.25, -0.2) is 0 Å². The largest absolute Gasteiger partial charge is 1.00 e. The molecule has 6 nitrogen and oxygen atoms in total. The summed E-state index contributed by atoms with van der Waals surface area (Å²) in [5.41, 5.74) is 6.61. The first-order valence-electron chi connectivity index (χ1n) is 5.84. The summed E-state index contributed by atoms with van der Waals surface area (Å²) in [6.07, 6.45) is 3.76. The van der Waals surface area contributed by atoms with E-state index in [1.165, 1.54) is 18.2 Å². The van der Waals surface area contributed by atoms with Crippen LogP contribution < -0.4 is 39.6 Å². The van der Waals surface area contributed by atoms with Gasteiger partial charge < -0.3 is 35.0 Å². The van der Waals surface area contributed by atoms with Gasteiger partial charge in [0.2, 0.25) is 0 Å². The number of pyridine rings is 1. The number of rotatable bonds is 4. The third-order valence-electron chi connectivity index (χ3n) is 2.63. The number of nitrogens with one attached hydrogen (secondary N) is 1. The Morgan fingerprint density at radius 1 is 1.33 bits per heavy atom. The van der Waals surface area contributed by atoms with Crippen molar-refractivity contribution in [2.45, 2.75) is 6.54 Å². The summed E-state index contributed by atoms with van der Waals surface area (Å²) in [6, 6.07) is 9.91. The van der Waals surface area contributed by atoms with Crippen LogP contribution in [-0.2, 0) is 6.54 Å². The highest BCUT2D eigenvalue weighted by atomic mass is 127. The molecular weight excluding hydrogens is 403 g/mol. The van der Waals surface area contributed by atoms with Crippen molar-refractivity contribution in [3.8, 4) is 0 Å². The molecule has 2 aromatic rings. The molecule has 1 aromatic heterocycles. The summed E-state index contributed by atoms with van der Waals surface area (Å²) < 4.78 is 1.89. The first kappa shape index (κ1) is 17.2. The molecule has 0 fully saturated rings. The number of benzene rings is 1. The minimum atomic E-state index is -0.473. The van der Waals surface area contributed by atoms with E-state index in [1.54, 1.807) is 0 Å². The van der Waals surface area contributed by atoms with Gasteiger partial charge in [0.1, 0.15) is 4.99 Å². The minimum Gasteiger partial charge on any atom is -1.00 e. The van der Waals surface area contributed by atoms with Gasteiger partial charge in [-0.2, -0.15) is 4.57 Å². The highest BCUT2D eigenvalue weighted by Crippen LogP contribution is 2.24. The van der Waals surface area contributed by atoms with Crippen molar-refractivity contribution in [2.75, 3.05) is 11.1 Å². The fraction of sp³-hybridized carbons (Fsp3) is 0.0769. The zero-order valence-corrected chi connectivity index (χ0v) is 13.9. The number of hydrogen-bond acceptors (Lipinski definition) is 4. The number of halogens is 1. The lowest BCUT2D eigenvalue weighted by Gasteiger charge is -2.08. The normalized spacial score (nSPS) is 9.52. The zero-order chi connectivity index (χ0) is 14.5. The van der Waals surface area contributed by atoms with Crippen LogP contribution in [-0.4, -0.2) is 9.91 Å². The van der Waals surface area contributed by atoms with Crippen molar-refractivity contribution in [2.24, 2.45) is 0 Å². The van der Waals surface area contributed by atoms with Crippen molar-refractivity contribution >= 4 is 34.3 Å². The monoisotopic (exact) mass is 416 g/mol. The van der Waals surface area contributed by atoms with E-state index in [2.05, 4.69) is 5.32 Å². The van der Waals surface area contributed by atoms with Gasteiger partial charge in [-0.05, 0) is 6.07 Å². The highest BCUT2D eigenvalue weighted by Gasteiger charge is 2.11. The Hall–Kier alpha value is -1.81. The van der Waals surface area contributed by atoms with E-state index in [-0.39, 0.29) is 29.7 Å². The molecule has 0 aliphatic rings. The maximum absolute atomic E-state index is 10.7. The van der Waals surface area contributed by atoms with Gasteiger partial charge >= 0.3 is 0 Å². The van der Waals surface area contributed by atoms with E-state index in [0.29, 0.717) is 22.9 Å². The second-order valence-corrected chi connectivity index (χ2v) is 4.62. The Bertz CT molecular complexity index is 652. The molecule has 0 spiro atoms. The van der Waals surface area contributed by atoms with Crippen LogP contribution in [0, 0.1) is 10.1 Å². The number of hydrogen-bond donors (Lipinski definition) is 2. The Labute approximate surface area is 144 Å². The highest BCUT2D eigenvalue weighted by molar-refractivity contribution is 7.80. The van der Waals surface area contributed by atoms with Crippen LogP contribution in [0.2, 0.25) is 0 Å². The number of non-ortho nitro benzene ring substituents is 1. The van der Waals surface area contributed by atoms with Crippen LogP contribution in [0.5, 0.6) is 0 Å². The third-order valence-corrected chi connectivity index (χ3v) is 2.86. The maximum Gasteiger partial charge on any atom is 0.271 e. The summed E-state index contributed by atoms with van der Waals surface area (Å²) in [7, 11) is 0. The number of nitrogen functional groups attached to an aromatic ring is 1. The third kappa shape index (κ3) is 4.90. The second-order valence-electron chi connectivity index (χ2n) is 4.12. The standard InChI is InChI=1S/C13H12N4O2S.HI/c14-11-5-4-10(17(18)19)8-12(11)15-13(20)9-16-6-2-1-3-7-16;/h1-8H,9,14H2;1H. The average molecular weight is 416 g/mol.